The molecule has 0 N–H and O–H groups in total. The van der Waals surface area contributed by atoms with Crippen LogP contribution < -0.4 is 0 Å². The predicted molar refractivity (Wildman–Crippen MR) is 46.8 cm³/mol. The molecule has 0 saturated heterocycles. The number of aryl methyl sites for hydroxylation is 1. The first-order valence-electron chi connectivity index (χ1n) is 3.77. The molecule has 1 aromatic heterocycles. The van der Waals surface area contributed by atoms with Gasteiger partial charge in [0.15, 0.2) is 0 Å². The summed E-state index contributed by atoms with van der Waals surface area (Å²) in [7, 11) is 1.93. The first kappa shape index (κ1) is 8.60. The van der Waals surface area contributed by atoms with E-state index in [1.807, 2.05) is 24.0 Å². The Hall–Kier alpha value is -0.500. The molecule has 0 fully saturated rings. The number of alkyl halides is 1. The van der Waals surface area contributed by atoms with Gasteiger partial charge in [0.05, 0.1) is 5.69 Å². The highest BCUT2D eigenvalue weighted by atomic mass is 35.5. The van der Waals surface area contributed by atoms with Crippen molar-refractivity contribution < 1.29 is 0 Å². The van der Waals surface area contributed by atoms with Crippen molar-refractivity contribution >= 4 is 11.6 Å². The van der Waals surface area contributed by atoms with E-state index < -0.39 is 0 Å². The Labute approximate surface area is 72.2 Å². The molecule has 0 aliphatic carbocycles. The van der Waals surface area contributed by atoms with Gasteiger partial charge in [0.2, 0.25) is 0 Å². The van der Waals surface area contributed by atoms with Gasteiger partial charge >= 0.3 is 0 Å². The maximum atomic E-state index is 5.67. The summed E-state index contributed by atoms with van der Waals surface area (Å²) in [5.74, 6) is 1.22. The highest BCUT2D eigenvalue weighted by molar-refractivity contribution is 6.18. The summed E-state index contributed by atoms with van der Waals surface area (Å²) in [6, 6.07) is 2.03. The fourth-order valence-corrected chi connectivity index (χ4v) is 1.09. The van der Waals surface area contributed by atoms with Gasteiger partial charge in [-0.1, -0.05) is 6.92 Å². The summed E-state index contributed by atoms with van der Waals surface area (Å²) >= 11 is 5.67. The topological polar surface area (TPSA) is 17.8 Å². The third-order valence-corrected chi connectivity index (χ3v) is 2.12. The standard InChI is InChI=1S/C8H13ClN2/c1-7(6-9)5-8-3-4-11(2)10-8/h3-4,7H,5-6H2,1-2H3. The van der Waals surface area contributed by atoms with Gasteiger partial charge in [0.1, 0.15) is 0 Å². The molecular weight excluding hydrogens is 160 g/mol. The number of hydrogen-bond acceptors (Lipinski definition) is 1. The average Bonchev–Trinajstić information content (AvgIpc) is 2.35. The normalized spacial score (nSPS) is 13.4. The molecule has 2 nitrogen and oxygen atoms in total. The number of halogens is 1. The molecule has 0 amide bonds. The van der Waals surface area contributed by atoms with E-state index in [-0.39, 0.29) is 0 Å². The van der Waals surface area contributed by atoms with E-state index in [1.165, 1.54) is 0 Å². The maximum absolute atomic E-state index is 5.67. The van der Waals surface area contributed by atoms with Crippen molar-refractivity contribution in [2.45, 2.75) is 13.3 Å². The quantitative estimate of drug-likeness (QED) is 0.637. The second-order valence-corrected chi connectivity index (χ2v) is 3.25. The molecule has 1 rings (SSSR count). The lowest BCUT2D eigenvalue weighted by molar-refractivity contribution is 0.626. The van der Waals surface area contributed by atoms with Gasteiger partial charge in [-0.2, -0.15) is 5.10 Å². The molecule has 11 heavy (non-hydrogen) atoms. The van der Waals surface area contributed by atoms with Crippen LogP contribution in [0.5, 0.6) is 0 Å². The second kappa shape index (κ2) is 3.77. The minimum atomic E-state index is 0.520. The van der Waals surface area contributed by atoms with Gasteiger partial charge in [0.25, 0.3) is 0 Å². The van der Waals surface area contributed by atoms with Crippen LogP contribution in [-0.2, 0) is 13.5 Å². The van der Waals surface area contributed by atoms with E-state index in [4.69, 9.17) is 11.6 Å². The van der Waals surface area contributed by atoms with E-state index in [0.29, 0.717) is 11.8 Å². The van der Waals surface area contributed by atoms with Crippen molar-refractivity contribution in [3.8, 4) is 0 Å². The summed E-state index contributed by atoms with van der Waals surface area (Å²) in [4.78, 5) is 0. The monoisotopic (exact) mass is 172 g/mol. The maximum Gasteiger partial charge on any atom is 0.0627 e. The van der Waals surface area contributed by atoms with E-state index >= 15 is 0 Å². The summed E-state index contributed by atoms with van der Waals surface area (Å²) in [6.07, 6.45) is 2.93. The van der Waals surface area contributed by atoms with Crippen LogP contribution in [0.4, 0.5) is 0 Å². The van der Waals surface area contributed by atoms with Crippen molar-refractivity contribution in [2.75, 3.05) is 5.88 Å². The number of hydrogen-bond donors (Lipinski definition) is 0. The number of aromatic nitrogens is 2. The zero-order valence-electron chi connectivity index (χ0n) is 6.92. The molecule has 1 aromatic rings. The summed E-state index contributed by atoms with van der Waals surface area (Å²) < 4.78 is 1.82. The summed E-state index contributed by atoms with van der Waals surface area (Å²) in [5, 5.41) is 4.26. The summed E-state index contributed by atoms with van der Waals surface area (Å²) in [5.41, 5.74) is 1.13. The third-order valence-electron chi connectivity index (χ3n) is 1.59. The molecule has 0 aromatic carbocycles. The second-order valence-electron chi connectivity index (χ2n) is 2.94. The van der Waals surface area contributed by atoms with Gasteiger partial charge in [-0.15, -0.1) is 11.6 Å². The Morgan fingerprint density at radius 1 is 1.73 bits per heavy atom. The Morgan fingerprint density at radius 2 is 2.45 bits per heavy atom. The molecule has 0 bridgehead atoms. The first-order chi connectivity index (χ1) is 5.22. The SMILES string of the molecule is CC(CCl)Cc1ccn(C)n1. The Kier molecular flexibility index (Phi) is 2.94. The molecule has 0 radical (unpaired) electrons. The zero-order chi connectivity index (χ0) is 8.27. The lowest BCUT2D eigenvalue weighted by Crippen LogP contribution is -2.02. The lowest BCUT2D eigenvalue weighted by Gasteiger charge is -2.02. The fraction of sp³-hybridized carbons (Fsp3) is 0.625. The molecule has 62 valence electrons. The van der Waals surface area contributed by atoms with Gasteiger partial charge in [-0.3, -0.25) is 4.68 Å². The smallest absolute Gasteiger partial charge is 0.0627 e. The third kappa shape index (κ3) is 2.54. The molecule has 1 atom stereocenters. The van der Waals surface area contributed by atoms with Crippen LogP contribution in [-0.4, -0.2) is 15.7 Å². The van der Waals surface area contributed by atoms with Crippen molar-refractivity contribution in [1.82, 2.24) is 9.78 Å². The van der Waals surface area contributed by atoms with E-state index in [2.05, 4.69) is 12.0 Å². The lowest BCUT2D eigenvalue weighted by atomic mass is 10.1. The Balaban J connectivity index is 2.50. The average molecular weight is 173 g/mol. The van der Waals surface area contributed by atoms with Crippen LogP contribution in [0.1, 0.15) is 12.6 Å². The van der Waals surface area contributed by atoms with Crippen LogP contribution in [0, 0.1) is 5.92 Å². The minimum absolute atomic E-state index is 0.520. The largest absolute Gasteiger partial charge is 0.276 e. The molecular formula is C8H13ClN2. The number of rotatable bonds is 3. The van der Waals surface area contributed by atoms with Gasteiger partial charge < -0.3 is 0 Å². The Morgan fingerprint density at radius 3 is 2.91 bits per heavy atom. The van der Waals surface area contributed by atoms with Gasteiger partial charge in [-0.25, -0.2) is 0 Å². The predicted octanol–water partition coefficient (Wildman–Crippen LogP) is 1.84. The van der Waals surface area contributed by atoms with Crippen molar-refractivity contribution in [2.24, 2.45) is 13.0 Å². The van der Waals surface area contributed by atoms with Crippen LogP contribution in [0.2, 0.25) is 0 Å². The molecule has 0 spiro atoms. The highest BCUT2D eigenvalue weighted by Gasteiger charge is 2.03. The van der Waals surface area contributed by atoms with Crippen LogP contribution in [0.25, 0.3) is 0 Å². The first-order valence-corrected chi connectivity index (χ1v) is 4.30. The van der Waals surface area contributed by atoms with Crippen molar-refractivity contribution in [1.29, 1.82) is 0 Å². The summed E-state index contributed by atoms with van der Waals surface area (Å²) in [6.45, 7) is 2.13. The van der Waals surface area contributed by atoms with Gasteiger partial charge in [-0.05, 0) is 18.4 Å². The molecule has 0 aliphatic rings. The zero-order valence-corrected chi connectivity index (χ0v) is 7.67. The molecule has 1 unspecified atom stereocenters. The van der Waals surface area contributed by atoms with E-state index in [9.17, 15) is 0 Å². The molecule has 0 saturated carbocycles. The van der Waals surface area contributed by atoms with Crippen molar-refractivity contribution in [3.63, 3.8) is 0 Å². The molecule has 3 heteroatoms. The van der Waals surface area contributed by atoms with E-state index in [1.54, 1.807) is 0 Å². The van der Waals surface area contributed by atoms with Gasteiger partial charge in [0, 0.05) is 19.1 Å². The van der Waals surface area contributed by atoms with Crippen LogP contribution in [0.3, 0.4) is 0 Å². The number of nitrogens with zero attached hydrogens (tertiary/aromatic N) is 2. The Bertz CT molecular complexity index is 220. The van der Waals surface area contributed by atoms with Crippen molar-refractivity contribution in [3.05, 3.63) is 18.0 Å². The fourth-order valence-electron chi connectivity index (χ4n) is 0.984. The van der Waals surface area contributed by atoms with Crippen LogP contribution in [0.15, 0.2) is 12.3 Å². The van der Waals surface area contributed by atoms with E-state index in [0.717, 1.165) is 12.1 Å². The minimum Gasteiger partial charge on any atom is -0.276 e. The molecule has 1 heterocycles. The highest BCUT2D eigenvalue weighted by Crippen LogP contribution is 2.06. The molecule has 0 aliphatic heterocycles. The van der Waals surface area contributed by atoms with Crippen LogP contribution >= 0.6 is 11.6 Å².